The summed E-state index contributed by atoms with van der Waals surface area (Å²) in [6.45, 7) is 7.85. The van der Waals surface area contributed by atoms with Crippen LogP contribution in [0.5, 0.6) is 5.75 Å². The molecule has 0 saturated carbocycles. The number of benzene rings is 1. The van der Waals surface area contributed by atoms with Gasteiger partial charge >= 0.3 is 0 Å². The molecule has 26 heavy (non-hydrogen) atoms. The number of thiophene rings is 1. The standard InChI is InChI=1S/C21H28N2O2S/c1-14(2)21(16-5-7-17(25-4)8-6-16)22-20(24)13-23-11-9-19-18(15(23)3)10-12-26-19/h5-8,10,12,14-15,21H,9,11,13H2,1-4H3,(H,22,24)/t15-,21-/m0/s1. The number of ether oxygens (including phenoxy) is 1. The van der Waals surface area contributed by atoms with E-state index in [-0.39, 0.29) is 11.9 Å². The highest BCUT2D eigenvalue weighted by Gasteiger charge is 2.27. The highest BCUT2D eigenvalue weighted by molar-refractivity contribution is 7.10. The number of methoxy groups -OCH3 is 1. The summed E-state index contributed by atoms with van der Waals surface area (Å²) in [5.74, 6) is 1.23. The monoisotopic (exact) mass is 372 g/mol. The average Bonchev–Trinajstić information content (AvgIpc) is 3.11. The van der Waals surface area contributed by atoms with Crippen LogP contribution in [0.2, 0.25) is 0 Å². The average molecular weight is 373 g/mol. The normalized spacial score (nSPS) is 18.4. The molecule has 1 amide bonds. The van der Waals surface area contributed by atoms with E-state index >= 15 is 0 Å². The fraction of sp³-hybridized carbons (Fsp3) is 0.476. The Morgan fingerprint density at radius 1 is 1.31 bits per heavy atom. The molecule has 1 aliphatic rings. The molecule has 0 saturated heterocycles. The highest BCUT2D eigenvalue weighted by atomic mass is 32.1. The Morgan fingerprint density at radius 2 is 2.04 bits per heavy atom. The van der Waals surface area contributed by atoms with Crippen molar-refractivity contribution >= 4 is 17.2 Å². The third kappa shape index (κ3) is 4.10. The Hall–Kier alpha value is -1.85. The van der Waals surface area contributed by atoms with Crippen molar-refractivity contribution in [1.29, 1.82) is 0 Å². The summed E-state index contributed by atoms with van der Waals surface area (Å²) in [6.07, 6.45) is 1.04. The zero-order valence-electron chi connectivity index (χ0n) is 16.0. The number of carbonyl (C=O) groups is 1. The van der Waals surface area contributed by atoms with Crippen LogP contribution in [-0.2, 0) is 11.2 Å². The second-order valence-corrected chi connectivity index (χ2v) is 8.26. The van der Waals surface area contributed by atoms with Crippen LogP contribution in [0, 0.1) is 5.92 Å². The number of hydrogen-bond acceptors (Lipinski definition) is 4. The Labute approximate surface area is 160 Å². The van der Waals surface area contributed by atoms with E-state index in [1.807, 2.05) is 35.6 Å². The summed E-state index contributed by atoms with van der Waals surface area (Å²) in [5, 5.41) is 5.39. The van der Waals surface area contributed by atoms with E-state index < -0.39 is 0 Å². The van der Waals surface area contributed by atoms with Gasteiger partial charge in [-0.3, -0.25) is 9.69 Å². The van der Waals surface area contributed by atoms with Gasteiger partial charge in [0.05, 0.1) is 19.7 Å². The molecule has 140 valence electrons. The third-order valence-electron chi connectivity index (χ3n) is 5.21. The molecule has 3 rings (SSSR count). The van der Waals surface area contributed by atoms with E-state index in [0.717, 1.165) is 24.3 Å². The molecule has 0 fully saturated rings. The number of rotatable bonds is 6. The first-order valence-electron chi connectivity index (χ1n) is 9.23. The largest absolute Gasteiger partial charge is 0.497 e. The number of fused-ring (bicyclic) bond motifs is 1. The summed E-state index contributed by atoms with van der Waals surface area (Å²) < 4.78 is 5.23. The lowest BCUT2D eigenvalue weighted by molar-refractivity contribution is -0.124. The van der Waals surface area contributed by atoms with E-state index in [4.69, 9.17) is 4.74 Å². The maximum absolute atomic E-state index is 12.7. The van der Waals surface area contributed by atoms with Crippen LogP contribution in [0.3, 0.4) is 0 Å². The van der Waals surface area contributed by atoms with Gasteiger partial charge in [0.15, 0.2) is 0 Å². The highest BCUT2D eigenvalue weighted by Crippen LogP contribution is 2.32. The quantitative estimate of drug-likeness (QED) is 0.827. The first-order chi connectivity index (χ1) is 12.5. The van der Waals surface area contributed by atoms with Gasteiger partial charge in [0.1, 0.15) is 5.75 Å². The number of nitrogens with one attached hydrogen (secondary N) is 1. The lowest BCUT2D eigenvalue weighted by Crippen LogP contribution is -2.43. The minimum atomic E-state index is 0.00483. The van der Waals surface area contributed by atoms with Crippen LogP contribution in [0.4, 0.5) is 0 Å². The molecule has 0 bridgehead atoms. The van der Waals surface area contributed by atoms with Crippen molar-refractivity contribution in [3.63, 3.8) is 0 Å². The SMILES string of the molecule is COc1ccc([C@@H](NC(=O)CN2CCc3sccc3[C@@H]2C)C(C)C)cc1. The van der Waals surface area contributed by atoms with Crippen LogP contribution >= 0.6 is 11.3 Å². The minimum Gasteiger partial charge on any atom is -0.497 e. The second kappa shape index (κ2) is 8.23. The molecule has 4 nitrogen and oxygen atoms in total. The molecule has 2 aromatic rings. The fourth-order valence-corrected chi connectivity index (χ4v) is 4.59. The van der Waals surface area contributed by atoms with Crippen LogP contribution in [0.1, 0.15) is 48.9 Å². The summed E-state index contributed by atoms with van der Waals surface area (Å²) in [5.41, 5.74) is 2.49. The second-order valence-electron chi connectivity index (χ2n) is 7.26. The maximum Gasteiger partial charge on any atom is 0.234 e. The molecule has 1 aromatic heterocycles. The van der Waals surface area contributed by atoms with Gasteiger partial charge in [0.2, 0.25) is 5.91 Å². The Balaban J connectivity index is 1.65. The first-order valence-corrected chi connectivity index (χ1v) is 10.1. The molecule has 1 N–H and O–H groups in total. The summed E-state index contributed by atoms with van der Waals surface area (Å²) in [7, 11) is 1.66. The molecule has 2 heterocycles. The Kier molecular flexibility index (Phi) is 5.99. The molecule has 0 spiro atoms. The molecular weight excluding hydrogens is 344 g/mol. The Morgan fingerprint density at radius 3 is 2.69 bits per heavy atom. The van der Waals surface area contributed by atoms with E-state index in [1.165, 1.54) is 10.4 Å². The van der Waals surface area contributed by atoms with Crippen molar-refractivity contribution in [1.82, 2.24) is 10.2 Å². The molecule has 1 aliphatic heterocycles. The van der Waals surface area contributed by atoms with Crippen LogP contribution < -0.4 is 10.1 Å². The van der Waals surface area contributed by atoms with E-state index in [9.17, 15) is 4.79 Å². The summed E-state index contributed by atoms with van der Waals surface area (Å²) in [4.78, 5) is 16.5. The van der Waals surface area contributed by atoms with Gasteiger partial charge in [0.25, 0.3) is 0 Å². The van der Waals surface area contributed by atoms with Gasteiger partial charge in [-0.2, -0.15) is 0 Å². The van der Waals surface area contributed by atoms with Crippen molar-refractivity contribution in [2.75, 3.05) is 20.2 Å². The Bertz CT molecular complexity index is 739. The number of carbonyl (C=O) groups excluding carboxylic acids is 1. The molecule has 5 heteroatoms. The van der Waals surface area contributed by atoms with Gasteiger partial charge in [-0.05, 0) is 54.0 Å². The van der Waals surface area contributed by atoms with Gasteiger partial charge < -0.3 is 10.1 Å². The maximum atomic E-state index is 12.7. The first kappa shape index (κ1) is 18.9. The number of amides is 1. The van der Waals surface area contributed by atoms with Crippen molar-refractivity contribution in [2.24, 2.45) is 5.92 Å². The van der Waals surface area contributed by atoms with Crippen LogP contribution in [0.25, 0.3) is 0 Å². The van der Waals surface area contributed by atoms with Gasteiger partial charge in [0, 0.05) is 17.5 Å². The van der Waals surface area contributed by atoms with Gasteiger partial charge in [-0.25, -0.2) is 0 Å². The predicted octanol–water partition coefficient (Wildman–Crippen LogP) is 4.19. The smallest absolute Gasteiger partial charge is 0.234 e. The van der Waals surface area contributed by atoms with E-state index in [0.29, 0.717) is 18.5 Å². The third-order valence-corrected chi connectivity index (χ3v) is 6.21. The van der Waals surface area contributed by atoms with Crippen molar-refractivity contribution in [3.8, 4) is 5.75 Å². The molecule has 0 radical (unpaired) electrons. The molecule has 2 atom stereocenters. The summed E-state index contributed by atoms with van der Waals surface area (Å²) in [6, 6.07) is 10.5. The molecule has 1 aromatic carbocycles. The fourth-order valence-electron chi connectivity index (χ4n) is 3.63. The number of hydrogen-bond donors (Lipinski definition) is 1. The topological polar surface area (TPSA) is 41.6 Å². The van der Waals surface area contributed by atoms with Crippen LogP contribution in [-0.4, -0.2) is 31.0 Å². The predicted molar refractivity (Wildman–Crippen MR) is 107 cm³/mol. The minimum absolute atomic E-state index is 0.00483. The van der Waals surface area contributed by atoms with E-state index in [2.05, 4.69) is 42.4 Å². The van der Waals surface area contributed by atoms with Gasteiger partial charge in [-0.1, -0.05) is 26.0 Å². The van der Waals surface area contributed by atoms with Crippen LogP contribution in [0.15, 0.2) is 35.7 Å². The number of nitrogens with zero attached hydrogens (tertiary/aromatic N) is 1. The van der Waals surface area contributed by atoms with E-state index in [1.54, 1.807) is 7.11 Å². The van der Waals surface area contributed by atoms with Gasteiger partial charge in [-0.15, -0.1) is 11.3 Å². The zero-order valence-corrected chi connectivity index (χ0v) is 16.8. The summed E-state index contributed by atoms with van der Waals surface area (Å²) >= 11 is 1.83. The molecule has 0 unspecified atom stereocenters. The lowest BCUT2D eigenvalue weighted by atomic mass is 9.95. The lowest BCUT2D eigenvalue weighted by Gasteiger charge is -2.33. The van der Waals surface area contributed by atoms with Crippen molar-refractivity contribution < 1.29 is 9.53 Å². The molecule has 0 aliphatic carbocycles. The molecular formula is C21H28N2O2S. The van der Waals surface area contributed by atoms with Crippen molar-refractivity contribution in [2.45, 2.75) is 39.3 Å². The zero-order chi connectivity index (χ0) is 18.7. The van der Waals surface area contributed by atoms with Crippen molar-refractivity contribution in [3.05, 3.63) is 51.7 Å².